The lowest BCUT2D eigenvalue weighted by atomic mass is 9.95. The number of rotatable bonds is 2. The Kier molecular flexibility index (Phi) is 2.83. The first-order valence-electron chi connectivity index (χ1n) is 5.14. The van der Waals surface area contributed by atoms with E-state index < -0.39 is 0 Å². The van der Waals surface area contributed by atoms with Crippen LogP contribution in [0.5, 0.6) is 0 Å². The van der Waals surface area contributed by atoms with Gasteiger partial charge in [0.15, 0.2) is 0 Å². The van der Waals surface area contributed by atoms with Crippen molar-refractivity contribution >= 4 is 5.97 Å². The third-order valence-corrected chi connectivity index (χ3v) is 2.89. The summed E-state index contributed by atoms with van der Waals surface area (Å²) in [5.41, 5.74) is 0. The fourth-order valence-electron chi connectivity index (χ4n) is 1.68. The second kappa shape index (κ2) is 4.09. The van der Waals surface area contributed by atoms with Crippen molar-refractivity contribution in [2.75, 3.05) is 13.2 Å². The van der Waals surface area contributed by atoms with Gasteiger partial charge >= 0.3 is 5.97 Å². The Bertz CT molecular complexity index is 181. The number of carbonyl (C=O) groups is 1. The molecule has 0 spiro atoms. The molecule has 0 bridgehead atoms. The monoisotopic (exact) mass is 184 g/mol. The van der Waals surface area contributed by atoms with Crippen LogP contribution in [0.1, 0.15) is 32.1 Å². The fraction of sp³-hybridized carbons (Fsp3) is 0.900. The molecule has 2 fully saturated rings. The van der Waals surface area contributed by atoms with Crippen LogP contribution in [0.4, 0.5) is 0 Å². The molecule has 0 N–H and O–H groups in total. The van der Waals surface area contributed by atoms with Crippen molar-refractivity contribution in [2.24, 2.45) is 5.92 Å². The summed E-state index contributed by atoms with van der Waals surface area (Å²) < 4.78 is 10.5. The lowest BCUT2D eigenvalue weighted by Crippen LogP contribution is -2.31. The summed E-state index contributed by atoms with van der Waals surface area (Å²) in [4.78, 5) is 11.5. The van der Waals surface area contributed by atoms with Crippen molar-refractivity contribution in [1.29, 1.82) is 0 Å². The first kappa shape index (κ1) is 9.00. The van der Waals surface area contributed by atoms with Crippen LogP contribution in [0.25, 0.3) is 0 Å². The average molecular weight is 184 g/mol. The molecule has 1 aliphatic carbocycles. The summed E-state index contributed by atoms with van der Waals surface area (Å²) in [6.07, 6.45) is 5.25. The van der Waals surface area contributed by atoms with Gasteiger partial charge in [0.1, 0.15) is 6.10 Å². The second-order valence-electron chi connectivity index (χ2n) is 3.88. The van der Waals surface area contributed by atoms with E-state index >= 15 is 0 Å². The third-order valence-electron chi connectivity index (χ3n) is 2.89. The van der Waals surface area contributed by atoms with Crippen molar-refractivity contribution in [3.05, 3.63) is 0 Å². The normalized spacial score (nSPS) is 25.2. The van der Waals surface area contributed by atoms with E-state index in [9.17, 15) is 4.79 Å². The van der Waals surface area contributed by atoms with Crippen LogP contribution in [0.3, 0.4) is 0 Å². The van der Waals surface area contributed by atoms with Crippen LogP contribution in [-0.2, 0) is 14.3 Å². The lowest BCUT2D eigenvalue weighted by molar-refractivity contribution is -0.161. The number of carbonyl (C=O) groups excluding carboxylic acids is 1. The van der Waals surface area contributed by atoms with E-state index in [1.165, 1.54) is 6.42 Å². The number of esters is 1. The van der Waals surface area contributed by atoms with Crippen molar-refractivity contribution in [3.63, 3.8) is 0 Å². The topological polar surface area (TPSA) is 35.5 Å². The highest BCUT2D eigenvalue weighted by Crippen LogP contribution is 2.25. The summed E-state index contributed by atoms with van der Waals surface area (Å²) in [5, 5.41) is 0. The summed E-state index contributed by atoms with van der Waals surface area (Å²) in [6.45, 7) is 1.43. The highest BCUT2D eigenvalue weighted by Gasteiger charge is 2.28. The SMILES string of the molecule is O=C(OC1CCC1)C1CCOCC1. The van der Waals surface area contributed by atoms with Crippen LogP contribution in [0, 0.1) is 5.92 Å². The Morgan fingerprint density at radius 3 is 2.38 bits per heavy atom. The summed E-state index contributed by atoms with van der Waals surface area (Å²) in [6, 6.07) is 0. The Morgan fingerprint density at radius 1 is 1.15 bits per heavy atom. The van der Waals surface area contributed by atoms with Crippen LogP contribution < -0.4 is 0 Å². The standard InChI is InChI=1S/C10H16O3/c11-10(13-9-2-1-3-9)8-4-6-12-7-5-8/h8-9H,1-7H2. The molecule has 3 heteroatoms. The molecule has 1 saturated carbocycles. The molecule has 0 aromatic heterocycles. The van der Waals surface area contributed by atoms with Gasteiger partial charge in [0.2, 0.25) is 0 Å². The maximum atomic E-state index is 11.5. The molecule has 2 aliphatic rings. The smallest absolute Gasteiger partial charge is 0.309 e. The van der Waals surface area contributed by atoms with E-state index in [-0.39, 0.29) is 18.0 Å². The minimum absolute atomic E-state index is 0.00741. The van der Waals surface area contributed by atoms with E-state index in [4.69, 9.17) is 9.47 Å². The Morgan fingerprint density at radius 2 is 1.85 bits per heavy atom. The molecule has 0 aromatic carbocycles. The maximum absolute atomic E-state index is 11.5. The molecule has 0 radical (unpaired) electrons. The zero-order valence-electron chi connectivity index (χ0n) is 7.83. The zero-order valence-corrected chi connectivity index (χ0v) is 7.83. The van der Waals surface area contributed by atoms with Crippen molar-refractivity contribution < 1.29 is 14.3 Å². The van der Waals surface area contributed by atoms with Crippen molar-refractivity contribution in [2.45, 2.75) is 38.2 Å². The minimum Gasteiger partial charge on any atom is -0.462 e. The summed E-state index contributed by atoms with van der Waals surface area (Å²) in [5.74, 6) is 0.113. The van der Waals surface area contributed by atoms with Gasteiger partial charge in [0.05, 0.1) is 5.92 Å². The molecule has 13 heavy (non-hydrogen) atoms. The third kappa shape index (κ3) is 2.21. The summed E-state index contributed by atoms with van der Waals surface area (Å²) >= 11 is 0. The minimum atomic E-state index is 0.00741. The van der Waals surface area contributed by atoms with Gasteiger partial charge in [0, 0.05) is 13.2 Å². The molecule has 0 atom stereocenters. The molecule has 2 rings (SSSR count). The number of hydrogen-bond acceptors (Lipinski definition) is 3. The quantitative estimate of drug-likeness (QED) is 0.610. The molecule has 1 aliphatic heterocycles. The fourth-order valence-corrected chi connectivity index (χ4v) is 1.68. The molecule has 3 nitrogen and oxygen atoms in total. The molecule has 1 heterocycles. The number of ether oxygens (including phenoxy) is 2. The largest absolute Gasteiger partial charge is 0.462 e. The molecule has 1 saturated heterocycles. The molecule has 74 valence electrons. The Labute approximate surface area is 78.4 Å². The van der Waals surface area contributed by atoms with Gasteiger partial charge in [-0.15, -0.1) is 0 Å². The molecule has 0 unspecified atom stereocenters. The van der Waals surface area contributed by atoms with Crippen LogP contribution in [0.15, 0.2) is 0 Å². The van der Waals surface area contributed by atoms with Gasteiger partial charge in [-0.2, -0.15) is 0 Å². The summed E-state index contributed by atoms with van der Waals surface area (Å²) in [7, 11) is 0. The first-order valence-corrected chi connectivity index (χ1v) is 5.14. The Hall–Kier alpha value is -0.570. The van der Waals surface area contributed by atoms with Crippen LogP contribution >= 0.6 is 0 Å². The van der Waals surface area contributed by atoms with Gasteiger partial charge in [0.25, 0.3) is 0 Å². The molecule has 0 aromatic rings. The van der Waals surface area contributed by atoms with E-state index in [0.29, 0.717) is 13.2 Å². The first-order chi connectivity index (χ1) is 6.36. The van der Waals surface area contributed by atoms with E-state index in [1.807, 2.05) is 0 Å². The van der Waals surface area contributed by atoms with E-state index in [2.05, 4.69) is 0 Å². The average Bonchev–Trinajstić information content (AvgIpc) is 2.12. The van der Waals surface area contributed by atoms with E-state index in [0.717, 1.165) is 25.7 Å². The van der Waals surface area contributed by atoms with Gasteiger partial charge in [-0.05, 0) is 32.1 Å². The highest BCUT2D eigenvalue weighted by atomic mass is 16.5. The molecular weight excluding hydrogens is 168 g/mol. The predicted molar refractivity (Wildman–Crippen MR) is 47.3 cm³/mol. The van der Waals surface area contributed by atoms with Crippen LogP contribution in [-0.4, -0.2) is 25.3 Å². The second-order valence-corrected chi connectivity index (χ2v) is 3.88. The zero-order chi connectivity index (χ0) is 9.10. The van der Waals surface area contributed by atoms with Gasteiger partial charge in [-0.3, -0.25) is 4.79 Å². The van der Waals surface area contributed by atoms with Crippen LogP contribution in [0.2, 0.25) is 0 Å². The van der Waals surface area contributed by atoms with E-state index in [1.54, 1.807) is 0 Å². The maximum Gasteiger partial charge on any atom is 0.309 e. The van der Waals surface area contributed by atoms with Gasteiger partial charge in [-0.1, -0.05) is 0 Å². The van der Waals surface area contributed by atoms with Crippen molar-refractivity contribution in [3.8, 4) is 0 Å². The van der Waals surface area contributed by atoms with Crippen molar-refractivity contribution in [1.82, 2.24) is 0 Å². The predicted octanol–water partition coefficient (Wildman–Crippen LogP) is 1.51. The van der Waals surface area contributed by atoms with Gasteiger partial charge < -0.3 is 9.47 Å². The van der Waals surface area contributed by atoms with Gasteiger partial charge in [-0.25, -0.2) is 0 Å². The highest BCUT2D eigenvalue weighted by molar-refractivity contribution is 5.72. The molecular formula is C10H16O3. The Balaban J connectivity index is 1.74. The lowest BCUT2D eigenvalue weighted by Gasteiger charge is -2.28. The number of hydrogen-bond donors (Lipinski definition) is 0. The molecule has 0 amide bonds.